The van der Waals surface area contributed by atoms with Gasteiger partial charge in [-0.05, 0) is 60.9 Å². The van der Waals surface area contributed by atoms with Gasteiger partial charge in [0.2, 0.25) is 6.41 Å². The third-order valence-corrected chi connectivity index (χ3v) is 6.17. The van der Waals surface area contributed by atoms with Gasteiger partial charge in [-0.25, -0.2) is 0 Å². The van der Waals surface area contributed by atoms with E-state index < -0.39 is 0 Å². The van der Waals surface area contributed by atoms with Gasteiger partial charge in [0.15, 0.2) is 0 Å². The molecular weight excluding hydrogens is 320 g/mol. The molecule has 0 aromatic heterocycles. The smallest absolute Gasteiger partial charge is 0.211 e. The molecule has 0 saturated carbocycles. The summed E-state index contributed by atoms with van der Waals surface area (Å²) in [7, 11) is 0. The van der Waals surface area contributed by atoms with Gasteiger partial charge in [0, 0.05) is 24.2 Å². The van der Waals surface area contributed by atoms with Gasteiger partial charge in [-0.1, -0.05) is 49.4 Å². The molecule has 1 aliphatic carbocycles. The van der Waals surface area contributed by atoms with Crippen molar-refractivity contribution in [2.45, 2.75) is 44.6 Å². The number of carbonyl (C=O) groups is 1. The molecular formula is C23H28N2O. The first-order chi connectivity index (χ1) is 12.8. The Bertz CT molecular complexity index is 758. The summed E-state index contributed by atoms with van der Waals surface area (Å²) >= 11 is 0. The van der Waals surface area contributed by atoms with Crippen molar-refractivity contribution in [1.82, 2.24) is 4.90 Å². The summed E-state index contributed by atoms with van der Waals surface area (Å²) in [6.45, 7) is 4.60. The number of nitrogens with one attached hydrogen (secondary N) is 1. The van der Waals surface area contributed by atoms with Crippen molar-refractivity contribution in [3.8, 4) is 0 Å². The minimum atomic E-state index is 0.508. The van der Waals surface area contributed by atoms with E-state index in [-0.39, 0.29) is 0 Å². The third-order valence-electron chi connectivity index (χ3n) is 6.17. The molecule has 0 spiro atoms. The van der Waals surface area contributed by atoms with Crippen LogP contribution in [0.1, 0.15) is 42.4 Å². The van der Waals surface area contributed by atoms with E-state index in [4.69, 9.17) is 0 Å². The van der Waals surface area contributed by atoms with Crippen LogP contribution in [0.25, 0.3) is 0 Å². The quantitative estimate of drug-likeness (QED) is 0.792. The minimum Gasteiger partial charge on any atom is -0.328 e. The lowest BCUT2D eigenvalue weighted by atomic mass is 9.73. The Hall–Kier alpha value is -2.13. The molecule has 3 nitrogen and oxygen atoms in total. The lowest BCUT2D eigenvalue weighted by Gasteiger charge is -2.35. The van der Waals surface area contributed by atoms with Crippen LogP contribution < -0.4 is 5.32 Å². The topological polar surface area (TPSA) is 32.3 Å². The van der Waals surface area contributed by atoms with E-state index in [1.165, 1.54) is 36.1 Å². The number of hydrogen-bond acceptors (Lipinski definition) is 2. The van der Waals surface area contributed by atoms with Gasteiger partial charge in [0.1, 0.15) is 0 Å². The molecule has 2 aromatic carbocycles. The SMILES string of the molecule is CCCN1CC(Cc2ccccc2)C2c3c(cccc3NC=O)CCC21. The van der Waals surface area contributed by atoms with Gasteiger partial charge in [-0.15, -0.1) is 0 Å². The monoisotopic (exact) mass is 348 g/mol. The molecule has 2 aromatic rings. The second-order valence-electron chi connectivity index (χ2n) is 7.72. The highest BCUT2D eigenvalue weighted by molar-refractivity contribution is 5.75. The predicted molar refractivity (Wildman–Crippen MR) is 106 cm³/mol. The number of carbonyl (C=O) groups excluding carboxylic acids is 1. The molecule has 1 saturated heterocycles. The van der Waals surface area contributed by atoms with Crippen LogP contribution in [0.4, 0.5) is 5.69 Å². The van der Waals surface area contributed by atoms with Gasteiger partial charge in [-0.2, -0.15) is 0 Å². The Balaban J connectivity index is 1.72. The van der Waals surface area contributed by atoms with Crippen molar-refractivity contribution in [3.05, 3.63) is 65.2 Å². The summed E-state index contributed by atoms with van der Waals surface area (Å²) < 4.78 is 0. The average molecular weight is 348 g/mol. The zero-order chi connectivity index (χ0) is 17.9. The van der Waals surface area contributed by atoms with E-state index in [9.17, 15) is 4.79 Å². The Morgan fingerprint density at radius 3 is 2.77 bits per heavy atom. The van der Waals surface area contributed by atoms with Crippen molar-refractivity contribution in [2.24, 2.45) is 5.92 Å². The average Bonchev–Trinajstić information content (AvgIpc) is 3.01. The van der Waals surface area contributed by atoms with Crippen molar-refractivity contribution in [1.29, 1.82) is 0 Å². The highest BCUT2D eigenvalue weighted by Gasteiger charge is 2.45. The number of aryl methyl sites for hydroxylation is 1. The molecule has 3 atom stereocenters. The molecule has 3 heteroatoms. The minimum absolute atomic E-state index is 0.508. The van der Waals surface area contributed by atoms with E-state index in [2.05, 4.69) is 65.7 Å². The third kappa shape index (κ3) is 3.16. The van der Waals surface area contributed by atoms with Gasteiger partial charge >= 0.3 is 0 Å². The fraction of sp³-hybridized carbons (Fsp3) is 0.435. The number of hydrogen-bond donors (Lipinski definition) is 1. The molecule has 1 heterocycles. The maximum absolute atomic E-state index is 11.2. The largest absolute Gasteiger partial charge is 0.328 e. The van der Waals surface area contributed by atoms with Gasteiger partial charge in [0.05, 0.1) is 0 Å². The fourth-order valence-electron chi connectivity index (χ4n) is 5.25. The van der Waals surface area contributed by atoms with Crippen LogP contribution in [0.2, 0.25) is 0 Å². The standard InChI is InChI=1S/C23H28N2O/c1-2-13-25-15-19(14-17-7-4-3-5-8-17)23-21(25)12-11-18-9-6-10-20(22(18)23)24-16-26/h3-10,16,19,21,23H,2,11-15H2,1H3,(H,24,26). The van der Waals surface area contributed by atoms with Gasteiger partial charge < -0.3 is 5.32 Å². The first kappa shape index (κ1) is 17.3. The van der Waals surface area contributed by atoms with Crippen LogP contribution in [-0.2, 0) is 17.6 Å². The maximum Gasteiger partial charge on any atom is 0.211 e. The van der Waals surface area contributed by atoms with Crippen molar-refractivity contribution in [2.75, 3.05) is 18.4 Å². The van der Waals surface area contributed by atoms with Crippen LogP contribution >= 0.6 is 0 Å². The van der Waals surface area contributed by atoms with E-state index in [0.29, 0.717) is 17.9 Å². The number of fused-ring (bicyclic) bond motifs is 3. The van der Waals surface area contributed by atoms with E-state index in [0.717, 1.165) is 31.5 Å². The number of anilines is 1. The number of rotatable bonds is 6. The number of benzene rings is 2. The summed E-state index contributed by atoms with van der Waals surface area (Å²) in [5.41, 5.74) is 5.26. The molecule has 26 heavy (non-hydrogen) atoms. The molecule has 1 aliphatic heterocycles. The molecule has 0 bridgehead atoms. The van der Waals surface area contributed by atoms with Crippen molar-refractivity contribution in [3.63, 3.8) is 0 Å². The second-order valence-corrected chi connectivity index (χ2v) is 7.72. The van der Waals surface area contributed by atoms with Crippen molar-refractivity contribution >= 4 is 12.1 Å². The summed E-state index contributed by atoms with van der Waals surface area (Å²) in [5, 5.41) is 2.98. The zero-order valence-electron chi connectivity index (χ0n) is 15.5. The highest BCUT2D eigenvalue weighted by atomic mass is 16.1. The van der Waals surface area contributed by atoms with Crippen LogP contribution in [0.15, 0.2) is 48.5 Å². The Labute approximate surface area is 156 Å². The molecule has 1 fully saturated rings. The predicted octanol–water partition coefficient (Wildman–Crippen LogP) is 4.24. The van der Waals surface area contributed by atoms with Gasteiger partial charge in [-0.3, -0.25) is 9.69 Å². The van der Waals surface area contributed by atoms with E-state index >= 15 is 0 Å². The summed E-state index contributed by atoms with van der Waals surface area (Å²) in [4.78, 5) is 13.9. The summed E-state index contributed by atoms with van der Waals surface area (Å²) in [5.74, 6) is 1.11. The lowest BCUT2D eigenvalue weighted by molar-refractivity contribution is -0.105. The lowest BCUT2D eigenvalue weighted by Crippen LogP contribution is -2.36. The van der Waals surface area contributed by atoms with Crippen LogP contribution in [0.5, 0.6) is 0 Å². The van der Waals surface area contributed by atoms with Crippen LogP contribution in [0.3, 0.4) is 0 Å². The maximum atomic E-state index is 11.2. The second kappa shape index (κ2) is 7.63. The Morgan fingerprint density at radius 1 is 1.15 bits per heavy atom. The molecule has 1 amide bonds. The fourth-order valence-corrected chi connectivity index (χ4v) is 5.25. The number of amides is 1. The zero-order valence-corrected chi connectivity index (χ0v) is 15.5. The molecule has 1 N–H and O–H groups in total. The van der Waals surface area contributed by atoms with Crippen LogP contribution in [0, 0.1) is 5.92 Å². The molecule has 2 aliphatic rings. The first-order valence-electron chi connectivity index (χ1n) is 9.91. The van der Waals surface area contributed by atoms with E-state index in [1.807, 2.05) is 0 Å². The Kier molecular flexibility index (Phi) is 5.07. The van der Waals surface area contributed by atoms with E-state index in [1.54, 1.807) is 0 Å². The highest BCUT2D eigenvalue weighted by Crippen LogP contribution is 2.48. The van der Waals surface area contributed by atoms with Crippen LogP contribution in [-0.4, -0.2) is 30.4 Å². The van der Waals surface area contributed by atoms with Crippen molar-refractivity contribution < 1.29 is 4.79 Å². The number of nitrogens with zero attached hydrogens (tertiary/aromatic N) is 1. The first-order valence-corrected chi connectivity index (χ1v) is 9.91. The molecule has 3 unspecified atom stereocenters. The summed E-state index contributed by atoms with van der Waals surface area (Å²) in [6, 6.07) is 17.9. The molecule has 0 radical (unpaired) electrons. The number of likely N-dealkylation sites (tertiary alicyclic amines) is 1. The molecule has 4 rings (SSSR count). The summed E-state index contributed by atoms with van der Waals surface area (Å²) in [6.07, 6.45) is 5.47. The molecule has 136 valence electrons. The normalized spacial score (nSPS) is 24.7. The Morgan fingerprint density at radius 2 is 2.00 bits per heavy atom. The van der Waals surface area contributed by atoms with Gasteiger partial charge in [0.25, 0.3) is 0 Å².